The molecule has 2 aromatic rings. The normalized spacial score (nSPS) is 10.9. The lowest BCUT2D eigenvalue weighted by atomic mass is 10.2. The summed E-state index contributed by atoms with van der Waals surface area (Å²) in [6, 6.07) is 9.76. The Morgan fingerprint density at radius 2 is 2.05 bits per heavy atom. The summed E-state index contributed by atoms with van der Waals surface area (Å²) in [5.74, 6) is -0.442. The van der Waals surface area contributed by atoms with Crippen LogP contribution in [-0.2, 0) is 0 Å². The minimum atomic E-state index is -1.10. The molecule has 0 aliphatic carbocycles. The van der Waals surface area contributed by atoms with Crippen molar-refractivity contribution in [2.75, 3.05) is 6.61 Å². The molecule has 2 aromatic carbocycles. The molecule has 22 heavy (non-hydrogen) atoms. The van der Waals surface area contributed by atoms with Crippen molar-refractivity contribution < 1.29 is 14.6 Å². The molecule has 0 bridgehead atoms. The van der Waals surface area contributed by atoms with E-state index in [-0.39, 0.29) is 10.6 Å². The third-order valence-corrected chi connectivity index (χ3v) is 3.37. The Kier molecular flexibility index (Phi) is 5.41. The van der Waals surface area contributed by atoms with Crippen molar-refractivity contribution in [3.05, 3.63) is 57.6 Å². The summed E-state index contributed by atoms with van der Waals surface area (Å²) in [6.07, 6.45) is 1.58. The minimum absolute atomic E-state index is 0.00689. The second kappa shape index (κ2) is 7.29. The molecule has 0 aromatic heterocycles. The average Bonchev–Trinajstić information content (AvgIpc) is 2.48. The molecule has 114 valence electrons. The fraction of sp³-hybridized carbons (Fsp3) is 0.125. The van der Waals surface area contributed by atoms with Gasteiger partial charge in [-0.25, -0.2) is 4.79 Å². The van der Waals surface area contributed by atoms with E-state index in [0.717, 1.165) is 0 Å². The summed E-state index contributed by atoms with van der Waals surface area (Å²) in [6.45, 7) is 2.40. The number of carboxylic acids is 1. The molecule has 0 heterocycles. The van der Waals surface area contributed by atoms with E-state index in [1.807, 2.05) is 6.92 Å². The van der Waals surface area contributed by atoms with Crippen LogP contribution < -0.4 is 4.74 Å². The van der Waals surface area contributed by atoms with Gasteiger partial charge < -0.3 is 9.84 Å². The maximum atomic E-state index is 11.1. The van der Waals surface area contributed by atoms with Crippen LogP contribution in [0.15, 0.2) is 41.4 Å². The van der Waals surface area contributed by atoms with Crippen LogP contribution in [0.4, 0.5) is 5.69 Å². The van der Waals surface area contributed by atoms with Gasteiger partial charge in [0.1, 0.15) is 5.75 Å². The molecule has 2 rings (SSSR count). The Labute approximate surface area is 138 Å². The maximum absolute atomic E-state index is 11.1. The van der Waals surface area contributed by atoms with Crippen molar-refractivity contribution in [1.82, 2.24) is 0 Å². The average molecular weight is 338 g/mol. The van der Waals surface area contributed by atoms with Gasteiger partial charge in [0.15, 0.2) is 0 Å². The fourth-order valence-electron chi connectivity index (χ4n) is 1.81. The maximum Gasteiger partial charge on any atom is 0.337 e. The summed E-state index contributed by atoms with van der Waals surface area (Å²) < 4.78 is 5.50. The summed E-state index contributed by atoms with van der Waals surface area (Å²) in [7, 11) is 0. The highest BCUT2D eigenvalue weighted by molar-refractivity contribution is 6.33. The lowest BCUT2D eigenvalue weighted by Crippen LogP contribution is -1.97. The van der Waals surface area contributed by atoms with E-state index >= 15 is 0 Å². The SMILES string of the molecule is CCOc1ccc(Cl)cc1C=Nc1ccc(Cl)c(C(=O)O)c1. The van der Waals surface area contributed by atoms with Crippen LogP contribution in [0.3, 0.4) is 0 Å². The Morgan fingerprint density at radius 3 is 2.73 bits per heavy atom. The summed E-state index contributed by atoms with van der Waals surface area (Å²) in [5.41, 5.74) is 1.19. The zero-order valence-electron chi connectivity index (χ0n) is 11.7. The highest BCUT2D eigenvalue weighted by Crippen LogP contribution is 2.25. The Balaban J connectivity index is 2.34. The second-order valence-electron chi connectivity index (χ2n) is 4.34. The lowest BCUT2D eigenvalue weighted by Gasteiger charge is -2.07. The third-order valence-electron chi connectivity index (χ3n) is 2.80. The van der Waals surface area contributed by atoms with Crippen LogP contribution in [-0.4, -0.2) is 23.9 Å². The van der Waals surface area contributed by atoms with Gasteiger partial charge in [-0.2, -0.15) is 0 Å². The van der Waals surface area contributed by atoms with Gasteiger partial charge in [0, 0.05) is 16.8 Å². The van der Waals surface area contributed by atoms with Crippen LogP contribution in [0.1, 0.15) is 22.8 Å². The van der Waals surface area contributed by atoms with Gasteiger partial charge in [-0.15, -0.1) is 0 Å². The first-order valence-corrected chi connectivity index (χ1v) is 7.26. The number of carbonyl (C=O) groups is 1. The molecule has 0 unspecified atom stereocenters. The molecule has 6 heteroatoms. The van der Waals surface area contributed by atoms with Crippen LogP contribution in [0, 0.1) is 0 Å². The molecule has 0 aliphatic heterocycles. The largest absolute Gasteiger partial charge is 0.493 e. The van der Waals surface area contributed by atoms with E-state index < -0.39 is 5.97 Å². The molecule has 0 fully saturated rings. The predicted molar refractivity (Wildman–Crippen MR) is 88.3 cm³/mol. The van der Waals surface area contributed by atoms with E-state index in [4.69, 9.17) is 33.0 Å². The number of halogens is 2. The fourth-order valence-corrected chi connectivity index (χ4v) is 2.19. The Morgan fingerprint density at radius 1 is 1.27 bits per heavy atom. The van der Waals surface area contributed by atoms with Gasteiger partial charge in [0.25, 0.3) is 0 Å². The first-order chi connectivity index (χ1) is 10.5. The van der Waals surface area contributed by atoms with E-state index in [1.54, 1.807) is 30.5 Å². The summed E-state index contributed by atoms with van der Waals surface area (Å²) >= 11 is 11.8. The molecular weight excluding hydrogens is 325 g/mol. The van der Waals surface area contributed by atoms with Gasteiger partial charge in [-0.1, -0.05) is 23.2 Å². The summed E-state index contributed by atoms with van der Waals surface area (Å²) in [4.78, 5) is 15.3. The molecule has 0 saturated carbocycles. The van der Waals surface area contributed by atoms with Crippen molar-refractivity contribution >= 4 is 41.1 Å². The van der Waals surface area contributed by atoms with Crippen molar-refractivity contribution in [3.8, 4) is 5.75 Å². The standard InChI is InChI=1S/C16H13Cl2NO3/c1-2-22-15-6-3-11(17)7-10(15)9-19-12-4-5-14(18)13(8-12)16(20)21/h3-9H,2H2,1H3,(H,20,21). The van der Waals surface area contributed by atoms with Gasteiger partial charge in [0.05, 0.1) is 22.9 Å². The van der Waals surface area contributed by atoms with Crippen LogP contribution in [0.2, 0.25) is 10.0 Å². The zero-order chi connectivity index (χ0) is 16.1. The molecule has 0 radical (unpaired) electrons. The monoisotopic (exact) mass is 337 g/mol. The van der Waals surface area contributed by atoms with E-state index in [2.05, 4.69) is 4.99 Å². The quantitative estimate of drug-likeness (QED) is 0.794. The predicted octanol–water partition coefficient (Wildman–Crippen LogP) is 4.84. The molecule has 4 nitrogen and oxygen atoms in total. The smallest absolute Gasteiger partial charge is 0.337 e. The molecule has 0 amide bonds. The van der Waals surface area contributed by atoms with Crippen molar-refractivity contribution in [2.24, 2.45) is 4.99 Å². The zero-order valence-corrected chi connectivity index (χ0v) is 13.2. The van der Waals surface area contributed by atoms with Gasteiger partial charge in [0.2, 0.25) is 0 Å². The highest BCUT2D eigenvalue weighted by atomic mass is 35.5. The number of ether oxygens (including phenoxy) is 1. The lowest BCUT2D eigenvalue weighted by molar-refractivity contribution is 0.0697. The van der Waals surface area contributed by atoms with Gasteiger partial charge in [-0.05, 0) is 43.3 Å². The van der Waals surface area contributed by atoms with Crippen LogP contribution in [0.25, 0.3) is 0 Å². The number of aliphatic imine (C=N–C) groups is 1. The number of hydrogen-bond donors (Lipinski definition) is 1. The van der Waals surface area contributed by atoms with Crippen molar-refractivity contribution in [1.29, 1.82) is 0 Å². The van der Waals surface area contributed by atoms with Gasteiger partial charge >= 0.3 is 5.97 Å². The van der Waals surface area contributed by atoms with Crippen LogP contribution >= 0.6 is 23.2 Å². The Hall–Kier alpha value is -2.04. The van der Waals surface area contributed by atoms with Gasteiger partial charge in [-0.3, -0.25) is 4.99 Å². The minimum Gasteiger partial charge on any atom is -0.493 e. The number of nitrogens with zero attached hydrogens (tertiary/aromatic N) is 1. The number of hydrogen-bond acceptors (Lipinski definition) is 3. The first-order valence-electron chi connectivity index (χ1n) is 6.50. The van der Waals surface area contributed by atoms with Crippen molar-refractivity contribution in [3.63, 3.8) is 0 Å². The van der Waals surface area contributed by atoms with Crippen molar-refractivity contribution in [2.45, 2.75) is 6.92 Å². The van der Waals surface area contributed by atoms with E-state index in [0.29, 0.717) is 28.6 Å². The third kappa shape index (κ3) is 4.00. The second-order valence-corrected chi connectivity index (χ2v) is 5.19. The molecule has 0 saturated heterocycles. The molecule has 0 aliphatic rings. The Bertz CT molecular complexity index is 729. The molecule has 0 atom stereocenters. The van der Waals surface area contributed by atoms with E-state index in [9.17, 15) is 4.79 Å². The number of carboxylic acid groups (broad SMARTS) is 1. The summed E-state index contributed by atoms with van der Waals surface area (Å²) in [5, 5.41) is 9.78. The number of benzene rings is 2. The first kappa shape index (κ1) is 16.3. The highest BCUT2D eigenvalue weighted by Gasteiger charge is 2.09. The number of rotatable bonds is 5. The molecule has 1 N–H and O–H groups in total. The molecular formula is C16H13Cl2NO3. The molecule has 0 spiro atoms. The topological polar surface area (TPSA) is 58.9 Å². The van der Waals surface area contributed by atoms with E-state index in [1.165, 1.54) is 12.1 Å². The number of aromatic carboxylic acids is 1. The van der Waals surface area contributed by atoms with Crippen LogP contribution in [0.5, 0.6) is 5.75 Å².